The van der Waals surface area contributed by atoms with Crippen molar-refractivity contribution in [3.05, 3.63) is 35.9 Å². The number of nitrogens with zero attached hydrogens (tertiary/aromatic N) is 1. The molecule has 166 valence electrons. The van der Waals surface area contributed by atoms with Gasteiger partial charge in [0.1, 0.15) is 0 Å². The van der Waals surface area contributed by atoms with E-state index in [1.165, 1.54) is 42.6 Å². The normalized spacial score (nSPS) is 11.8. The number of carbonyl (C=O) groups is 1. The van der Waals surface area contributed by atoms with Crippen LogP contribution in [0, 0.1) is 5.41 Å². The molecule has 0 aliphatic carbocycles. The van der Waals surface area contributed by atoms with E-state index in [-0.39, 0.29) is 12.4 Å². The molecule has 0 radical (unpaired) electrons. The molecular formula is C24H46ClNO2. The number of benzene rings is 1. The van der Waals surface area contributed by atoms with Gasteiger partial charge in [-0.15, -0.1) is 0 Å². The topological polar surface area (TPSA) is 37.3 Å². The highest BCUT2D eigenvalue weighted by Gasteiger charge is 2.23. The number of halogens is 1. The Kier molecular flexibility index (Phi) is 19.0. The van der Waals surface area contributed by atoms with Crippen molar-refractivity contribution >= 4 is 5.97 Å². The zero-order valence-corrected chi connectivity index (χ0v) is 20.6. The van der Waals surface area contributed by atoms with Crippen molar-refractivity contribution in [2.24, 2.45) is 5.41 Å². The fourth-order valence-corrected chi connectivity index (χ4v) is 2.51. The van der Waals surface area contributed by atoms with E-state index < -0.39 is 11.4 Å². The molecule has 0 aromatic heterocycles. The first-order valence-corrected chi connectivity index (χ1v) is 10.7. The molecule has 1 unspecified atom stereocenters. The Balaban J connectivity index is -0.000000332. The van der Waals surface area contributed by atoms with Crippen molar-refractivity contribution in [2.75, 3.05) is 26.2 Å². The molecule has 0 saturated carbocycles. The van der Waals surface area contributed by atoms with Gasteiger partial charge in [-0.2, -0.15) is 0 Å². The molecule has 0 aliphatic heterocycles. The van der Waals surface area contributed by atoms with Crippen LogP contribution in [0.1, 0.15) is 86.6 Å². The van der Waals surface area contributed by atoms with Gasteiger partial charge in [0.25, 0.3) is 0 Å². The van der Waals surface area contributed by atoms with Crippen molar-refractivity contribution < 1.29 is 26.8 Å². The molecule has 3 nitrogen and oxygen atoms in total. The van der Waals surface area contributed by atoms with Crippen LogP contribution in [0.3, 0.4) is 0 Å². The number of hydrogen-bond donors (Lipinski definition) is 1. The number of hydrogen-bond acceptors (Lipinski definition) is 1. The Hall–Kier alpha value is -1.06. The molecule has 1 aromatic carbocycles. The number of carboxylic acids is 1. The first-order valence-electron chi connectivity index (χ1n) is 10.7. The summed E-state index contributed by atoms with van der Waals surface area (Å²) in [6, 6.07) is 10.6. The minimum atomic E-state index is -0.722. The largest absolute Gasteiger partial charge is 1.00 e. The maximum Gasteiger partial charge on any atom is 0.309 e. The van der Waals surface area contributed by atoms with Gasteiger partial charge in [0.05, 0.1) is 31.6 Å². The molecule has 0 fully saturated rings. The third kappa shape index (κ3) is 12.4. The van der Waals surface area contributed by atoms with E-state index in [0.717, 1.165) is 0 Å². The summed E-state index contributed by atoms with van der Waals surface area (Å²) in [6.07, 6.45) is 1.91. The molecule has 1 N–H and O–H groups in total. The highest BCUT2D eigenvalue weighted by atomic mass is 35.5. The summed E-state index contributed by atoms with van der Waals surface area (Å²) < 4.78 is 1.28. The summed E-state index contributed by atoms with van der Waals surface area (Å²) in [5.41, 5.74) is 0.907. The van der Waals surface area contributed by atoms with Gasteiger partial charge in [-0.3, -0.25) is 4.79 Å². The van der Waals surface area contributed by atoms with Crippen molar-refractivity contribution in [1.29, 1.82) is 0 Å². The molecule has 1 rings (SSSR count). The van der Waals surface area contributed by atoms with E-state index in [1.807, 2.05) is 6.92 Å². The van der Waals surface area contributed by atoms with Crippen LogP contribution < -0.4 is 12.4 Å². The van der Waals surface area contributed by atoms with Crippen LogP contribution in [0.15, 0.2) is 30.3 Å². The fourth-order valence-electron chi connectivity index (χ4n) is 2.51. The molecule has 0 saturated heterocycles. The van der Waals surface area contributed by atoms with Gasteiger partial charge < -0.3 is 22.0 Å². The van der Waals surface area contributed by atoms with Gasteiger partial charge in [0, 0.05) is 0 Å². The highest BCUT2D eigenvalue weighted by Crippen LogP contribution is 2.18. The maximum atomic E-state index is 10.3. The quantitative estimate of drug-likeness (QED) is 0.658. The number of aliphatic carboxylic acids is 1. The van der Waals surface area contributed by atoms with Crippen LogP contribution in [0.2, 0.25) is 0 Å². The van der Waals surface area contributed by atoms with Gasteiger partial charge in [-0.1, -0.05) is 51.1 Å². The molecule has 0 amide bonds. The van der Waals surface area contributed by atoms with Crippen LogP contribution >= 0.6 is 0 Å². The second kappa shape index (κ2) is 16.9. The van der Waals surface area contributed by atoms with Crippen molar-refractivity contribution in [1.82, 2.24) is 0 Å². The Bertz CT molecular complexity index is 467. The van der Waals surface area contributed by atoms with Crippen LogP contribution in [0.4, 0.5) is 0 Å². The Labute approximate surface area is 181 Å². The predicted molar refractivity (Wildman–Crippen MR) is 119 cm³/mol. The zero-order valence-electron chi connectivity index (χ0n) is 19.9. The van der Waals surface area contributed by atoms with Crippen molar-refractivity contribution in [3.63, 3.8) is 0 Å². The van der Waals surface area contributed by atoms with Gasteiger partial charge in [0.15, 0.2) is 0 Å². The van der Waals surface area contributed by atoms with Crippen LogP contribution in [0.5, 0.6) is 0 Å². The molecule has 1 atom stereocenters. The first-order chi connectivity index (χ1) is 12.6. The maximum absolute atomic E-state index is 10.3. The summed E-state index contributed by atoms with van der Waals surface area (Å²) >= 11 is 0. The van der Waals surface area contributed by atoms with Crippen LogP contribution in [-0.2, 0) is 4.79 Å². The van der Waals surface area contributed by atoms with Crippen molar-refractivity contribution in [3.8, 4) is 0 Å². The lowest BCUT2D eigenvalue weighted by atomic mass is 9.91. The molecular weight excluding hydrogens is 370 g/mol. The molecule has 0 bridgehead atoms. The van der Waals surface area contributed by atoms with E-state index in [9.17, 15) is 4.79 Å². The van der Waals surface area contributed by atoms with Gasteiger partial charge >= 0.3 is 5.97 Å². The van der Waals surface area contributed by atoms with E-state index in [4.69, 9.17) is 5.11 Å². The number of carboxylic acid groups (broad SMARTS) is 1. The lowest BCUT2D eigenvalue weighted by molar-refractivity contribution is -0.921. The Morgan fingerprint density at radius 2 is 1.32 bits per heavy atom. The van der Waals surface area contributed by atoms with E-state index in [2.05, 4.69) is 71.9 Å². The Morgan fingerprint density at radius 1 is 0.929 bits per heavy atom. The lowest BCUT2D eigenvalue weighted by Crippen LogP contribution is -3.00. The fraction of sp³-hybridized carbons (Fsp3) is 0.708. The van der Waals surface area contributed by atoms with E-state index in [1.54, 1.807) is 13.8 Å². The summed E-state index contributed by atoms with van der Waals surface area (Å²) in [5.74, 6) is -0.0128. The van der Waals surface area contributed by atoms with Gasteiger partial charge in [0.2, 0.25) is 0 Å². The third-order valence-electron chi connectivity index (χ3n) is 6.13. The highest BCUT2D eigenvalue weighted by molar-refractivity contribution is 5.73. The third-order valence-corrected chi connectivity index (χ3v) is 6.13. The van der Waals surface area contributed by atoms with E-state index in [0.29, 0.717) is 12.3 Å². The Morgan fingerprint density at radius 3 is 1.50 bits per heavy atom. The standard InChI is InChI=1S/C10H14.C8H20N.C6H12O2.ClH/c1-3-9(2)10-7-5-4-6-8-10;1-5-9(6-2,7-3)8-4;1-4-6(2,3)5(7)8;/h4-9H,3H2,1-2H3;5-8H2,1-4H3;4H2,1-3H3,(H,7,8);1H/q;+1;;/p-1. The minimum Gasteiger partial charge on any atom is -1.00 e. The number of rotatable bonds is 8. The van der Waals surface area contributed by atoms with Crippen LogP contribution in [0.25, 0.3) is 0 Å². The monoisotopic (exact) mass is 415 g/mol. The minimum absolute atomic E-state index is 0. The second-order valence-electron chi connectivity index (χ2n) is 7.87. The van der Waals surface area contributed by atoms with Gasteiger partial charge in [-0.25, -0.2) is 0 Å². The molecule has 4 heteroatoms. The first kappa shape index (κ1) is 31.6. The summed E-state index contributed by atoms with van der Waals surface area (Å²) in [6.45, 7) is 24.0. The second-order valence-corrected chi connectivity index (χ2v) is 7.87. The van der Waals surface area contributed by atoms with Crippen molar-refractivity contribution in [2.45, 2.75) is 81.1 Å². The smallest absolute Gasteiger partial charge is 0.309 e. The number of quaternary nitrogens is 1. The molecule has 0 aliphatic rings. The SMILES string of the molecule is CCC(C)(C)C(=O)O.CCC(C)c1ccccc1.CC[N+](CC)(CC)CC.[Cl-]. The summed E-state index contributed by atoms with van der Waals surface area (Å²) in [7, 11) is 0. The molecule has 1 aromatic rings. The predicted octanol–water partition coefficient (Wildman–Crippen LogP) is 3.59. The molecule has 28 heavy (non-hydrogen) atoms. The summed E-state index contributed by atoms with van der Waals surface area (Å²) in [5, 5.41) is 8.44. The average Bonchev–Trinajstić information content (AvgIpc) is 2.71. The summed E-state index contributed by atoms with van der Waals surface area (Å²) in [4.78, 5) is 10.3. The van der Waals surface area contributed by atoms with E-state index >= 15 is 0 Å². The van der Waals surface area contributed by atoms with Gasteiger partial charge in [-0.05, 0) is 65.9 Å². The molecule has 0 heterocycles. The molecule has 0 spiro atoms. The lowest BCUT2D eigenvalue weighted by Gasteiger charge is -2.34. The average molecular weight is 416 g/mol. The van der Waals surface area contributed by atoms with Crippen LogP contribution in [-0.4, -0.2) is 41.7 Å². The zero-order chi connectivity index (χ0) is 21.5.